The van der Waals surface area contributed by atoms with Crippen molar-refractivity contribution < 1.29 is 9.53 Å². The number of thioether (sulfide) groups is 1. The van der Waals surface area contributed by atoms with Gasteiger partial charge in [-0.2, -0.15) is 0 Å². The van der Waals surface area contributed by atoms with Crippen LogP contribution in [0.1, 0.15) is 52.9 Å². The van der Waals surface area contributed by atoms with Gasteiger partial charge in [-0.3, -0.25) is 9.69 Å². The van der Waals surface area contributed by atoms with Crippen LogP contribution in [0.4, 0.5) is 0 Å². The van der Waals surface area contributed by atoms with Crippen molar-refractivity contribution in [3.8, 4) is 0 Å². The number of fused-ring (bicyclic) bond motifs is 2. The summed E-state index contributed by atoms with van der Waals surface area (Å²) in [5.41, 5.74) is 0.346. The highest BCUT2D eigenvalue weighted by Crippen LogP contribution is 2.50. The SMILES string of the molecule is CCC(Sc1ccccc1)C(=O)OC1C[C@]2(C)CC[C@](C)(C1)N2C. The third-order valence-corrected chi connectivity index (χ3v) is 7.45. The zero-order valence-corrected chi connectivity index (χ0v) is 16.1. The van der Waals surface area contributed by atoms with Crippen LogP contribution in [0.15, 0.2) is 35.2 Å². The molecular weight excluding hydrogens is 318 g/mol. The number of benzene rings is 1. The Labute approximate surface area is 150 Å². The summed E-state index contributed by atoms with van der Waals surface area (Å²) >= 11 is 1.62. The summed E-state index contributed by atoms with van der Waals surface area (Å²) in [6, 6.07) is 10.1. The molecule has 0 radical (unpaired) electrons. The molecule has 2 saturated heterocycles. The summed E-state index contributed by atoms with van der Waals surface area (Å²) in [6.45, 7) is 6.69. The van der Waals surface area contributed by atoms with Crippen molar-refractivity contribution >= 4 is 17.7 Å². The van der Waals surface area contributed by atoms with E-state index in [0.29, 0.717) is 0 Å². The summed E-state index contributed by atoms with van der Waals surface area (Å²) in [6.07, 6.45) is 5.15. The Kier molecular flexibility index (Phi) is 4.99. The molecule has 0 aliphatic carbocycles. The summed E-state index contributed by atoms with van der Waals surface area (Å²) in [5.74, 6) is -0.0486. The molecule has 24 heavy (non-hydrogen) atoms. The highest BCUT2D eigenvalue weighted by atomic mass is 32.2. The summed E-state index contributed by atoms with van der Waals surface area (Å²) < 4.78 is 5.99. The molecule has 2 heterocycles. The molecule has 2 aliphatic rings. The average molecular weight is 348 g/mol. The largest absolute Gasteiger partial charge is 0.461 e. The van der Waals surface area contributed by atoms with Crippen LogP contribution in [-0.2, 0) is 9.53 Å². The number of nitrogens with zero attached hydrogens (tertiary/aromatic N) is 1. The van der Waals surface area contributed by atoms with Crippen molar-refractivity contribution in [2.24, 2.45) is 0 Å². The molecule has 4 heteroatoms. The lowest BCUT2D eigenvalue weighted by atomic mass is 9.84. The summed E-state index contributed by atoms with van der Waals surface area (Å²) in [7, 11) is 2.23. The van der Waals surface area contributed by atoms with Crippen molar-refractivity contribution in [3.05, 3.63) is 30.3 Å². The molecule has 3 nitrogen and oxygen atoms in total. The van der Waals surface area contributed by atoms with E-state index >= 15 is 0 Å². The number of carbonyl (C=O) groups excluding carboxylic acids is 1. The first-order chi connectivity index (χ1) is 11.4. The Hall–Kier alpha value is -1.00. The molecule has 2 fully saturated rings. The molecule has 0 amide bonds. The molecule has 0 spiro atoms. The van der Waals surface area contributed by atoms with E-state index in [-0.39, 0.29) is 28.4 Å². The van der Waals surface area contributed by atoms with Crippen LogP contribution in [-0.4, -0.2) is 40.3 Å². The van der Waals surface area contributed by atoms with Crippen molar-refractivity contribution in [3.63, 3.8) is 0 Å². The predicted octanol–water partition coefficient (Wildman–Crippen LogP) is 4.51. The molecule has 0 saturated carbocycles. The van der Waals surface area contributed by atoms with E-state index in [4.69, 9.17) is 4.74 Å². The summed E-state index contributed by atoms with van der Waals surface area (Å²) in [4.78, 5) is 16.4. The maximum Gasteiger partial charge on any atom is 0.319 e. The lowest BCUT2D eigenvalue weighted by molar-refractivity contribution is -0.155. The van der Waals surface area contributed by atoms with Gasteiger partial charge in [-0.1, -0.05) is 25.1 Å². The van der Waals surface area contributed by atoms with Gasteiger partial charge in [0.2, 0.25) is 0 Å². The number of esters is 1. The number of hydrogen-bond acceptors (Lipinski definition) is 4. The second-order valence-corrected chi connectivity index (χ2v) is 9.12. The first-order valence-corrected chi connectivity index (χ1v) is 9.90. The number of carbonyl (C=O) groups is 1. The van der Waals surface area contributed by atoms with Crippen LogP contribution < -0.4 is 0 Å². The highest BCUT2D eigenvalue weighted by Gasteiger charge is 2.54. The quantitative estimate of drug-likeness (QED) is 0.579. The van der Waals surface area contributed by atoms with Gasteiger partial charge in [0.25, 0.3) is 0 Å². The van der Waals surface area contributed by atoms with Crippen molar-refractivity contribution in [1.82, 2.24) is 4.90 Å². The minimum atomic E-state index is -0.120. The van der Waals surface area contributed by atoms with E-state index in [1.54, 1.807) is 11.8 Å². The van der Waals surface area contributed by atoms with Crippen LogP contribution in [0.25, 0.3) is 0 Å². The Morgan fingerprint density at radius 1 is 1.25 bits per heavy atom. The fraction of sp³-hybridized carbons (Fsp3) is 0.650. The van der Waals surface area contributed by atoms with Crippen molar-refractivity contribution in [2.45, 2.75) is 80.2 Å². The minimum absolute atomic E-state index is 0.0486. The third-order valence-electron chi connectivity index (χ3n) is 6.09. The third kappa shape index (κ3) is 3.36. The van der Waals surface area contributed by atoms with E-state index in [1.165, 1.54) is 12.8 Å². The lowest BCUT2D eigenvalue weighted by Gasteiger charge is -2.48. The van der Waals surface area contributed by atoms with E-state index < -0.39 is 0 Å². The zero-order valence-electron chi connectivity index (χ0n) is 15.2. The van der Waals surface area contributed by atoms with E-state index in [9.17, 15) is 4.79 Å². The van der Waals surface area contributed by atoms with Gasteiger partial charge in [0.05, 0.1) is 0 Å². The Morgan fingerprint density at radius 3 is 2.38 bits per heavy atom. The van der Waals surface area contributed by atoms with Gasteiger partial charge >= 0.3 is 5.97 Å². The normalized spacial score (nSPS) is 34.1. The molecule has 2 aliphatic heterocycles. The maximum absolute atomic E-state index is 12.7. The lowest BCUT2D eigenvalue weighted by Crippen LogP contribution is -2.56. The monoisotopic (exact) mass is 347 g/mol. The predicted molar refractivity (Wildman–Crippen MR) is 99.3 cm³/mol. The van der Waals surface area contributed by atoms with E-state index in [0.717, 1.165) is 24.2 Å². The average Bonchev–Trinajstić information content (AvgIpc) is 2.70. The fourth-order valence-corrected chi connectivity index (χ4v) is 5.30. The first-order valence-electron chi connectivity index (χ1n) is 9.02. The molecule has 1 aromatic rings. The van der Waals surface area contributed by atoms with Crippen molar-refractivity contribution in [2.75, 3.05) is 7.05 Å². The number of hydrogen-bond donors (Lipinski definition) is 0. The zero-order chi connectivity index (χ0) is 17.4. The van der Waals surface area contributed by atoms with Gasteiger partial charge in [0.1, 0.15) is 11.4 Å². The van der Waals surface area contributed by atoms with Crippen LogP contribution >= 0.6 is 11.8 Å². The Morgan fingerprint density at radius 2 is 1.83 bits per heavy atom. The van der Waals surface area contributed by atoms with Gasteiger partial charge < -0.3 is 4.74 Å². The first kappa shape index (κ1) is 17.8. The van der Waals surface area contributed by atoms with Gasteiger partial charge in [-0.25, -0.2) is 0 Å². The molecule has 4 atom stereocenters. The Bertz CT molecular complexity index is 573. The van der Waals surface area contributed by atoms with Crippen molar-refractivity contribution in [1.29, 1.82) is 0 Å². The van der Waals surface area contributed by atoms with Crippen LogP contribution in [0, 0.1) is 0 Å². The second-order valence-electron chi connectivity index (χ2n) is 7.85. The summed E-state index contributed by atoms with van der Waals surface area (Å²) in [5, 5.41) is -0.120. The van der Waals surface area contributed by atoms with E-state index in [1.807, 2.05) is 18.2 Å². The minimum Gasteiger partial charge on any atom is -0.461 e. The van der Waals surface area contributed by atoms with Crippen LogP contribution in [0.2, 0.25) is 0 Å². The molecule has 3 rings (SSSR count). The van der Waals surface area contributed by atoms with Crippen LogP contribution in [0.5, 0.6) is 0 Å². The number of rotatable bonds is 5. The Balaban J connectivity index is 1.64. The van der Waals surface area contributed by atoms with Gasteiger partial charge in [-0.05, 0) is 52.3 Å². The van der Waals surface area contributed by atoms with Gasteiger partial charge in [0, 0.05) is 28.8 Å². The number of piperidine rings is 1. The van der Waals surface area contributed by atoms with Crippen LogP contribution in [0.3, 0.4) is 0 Å². The highest BCUT2D eigenvalue weighted by molar-refractivity contribution is 8.00. The van der Waals surface area contributed by atoms with E-state index in [2.05, 4.69) is 44.9 Å². The maximum atomic E-state index is 12.7. The molecule has 2 bridgehead atoms. The number of ether oxygens (including phenoxy) is 1. The molecule has 0 aromatic heterocycles. The molecule has 1 aromatic carbocycles. The molecule has 2 unspecified atom stereocenters. The topological polar surface area (TPSA) is 29.5 Å². The second kappa shape index (κ2) is 6.72. The molecule has 0 N–H and O–H groups in total. The van der Waals surface area contributed by atoms with Gasteiger partial charge in [0.15, 0.2) is 0 Å². The molecular formula is C20H29NO2S. The van der Waals surface area contributed by atoms with Gasteiger partial charge in [-0.15, -0.1) is 11.8 Å². The standard InChI is InChI=1S/C20H29NO2S/c1-5-17(24-16-9-7-6-8-10-16)18(22)23-15-13-19(2)11-12-20(3,14-15)21(19)4/h6-10,15,17H,5,11-14H2,1-4H3/t15?,17?,19-,20+. The molecule has 132 valence electrons. The fourth-order valence-electron chi connectivity index (χ4n) is 4.34. The smallest absolute Gasteiger partial charge is 0.319 e.